The monoisotopic (exact) mass is 358 g/mol. The highest BCUT2D eigenvalue weighted by molar-refractivity contribution is 6.33. The van der Waals surface area contributed by atoms with Crippen molar-refractivity contribution in [3.05, 3.63) is 71.0 Å². The summed E-state index contributed by atoms with van der Waals surface area (Å²) in [5, 5.41) is 2.98. The molecule has 1 unspecified atom stereocenters. The number of nitrogens with one attached hydrogen (secondary N) is 1. The van der Waals surface area contributed by atoms with Crippen LogP contribution in [0.5, 0.6) is 0 Å². The Balaban J connectivity index is 1.63. The predicted molar refractivity (Wildman–Crippen MR) is 100 cm³/mol. The second-order valence-corrected chi connectivity index (χ2v) is 6.54. The second kappa shape index (κ2) is 7.81. The zero-order valence-corrected chi connectivity index (χ0v) is 14.8. The number of nitrogens with zero attached hydrogens (tertiary/aromatic N) is 1. The van der Waals surface area contributed by atoms with Crippen LogP contribution in [0, 0.1) is 5.82 Å². The van der Waals surface area contributed by atoms with Crippen molar-refractivity contribution in [1.82, 2.24) is 4.90 Å². The Morgan fingerprint density at radius 3 is 2.64 bits per heavy atom. The van der Waals surface area contributed by atoms with Gasteiger partial charge in [-0.1, -0.05) is 48.0 Å². The Kier molecular flexibility index (Phi) is 5.51. The van der Waals surface area contributed by atoms with Gasteiger partial charge < -0.3 is 5.32 Å². The van der Waals surface area contributed by atoms with Crippen LogP contribution in [-0.2, 0) is 4.79 Å². The third-order valence-electron chi connectivity index (χ3n) is 4.50. The van der Waals surface area contributed by atoms with Crippen LogP contribution in [0.25, 0.3) is 5.57 Å². The lowest BCUT2D eigenvalue weighted by molar-refractivity contribution is -0.120. The molecular formula is C20H20ClFN2O. The van der Waals surface area contributed by atoms with E-state index in [1.54, 1.807) is 0 Å². The van der Waals surface area contributed by atoms with Crippen molar-refractivity contribution in [1.29, 1.82) is 0 Å². The van der Waals surface area contributed by atoms with Gasteiger partial charge in [-0.3, -0.25) is 9.69 Å². The Bertz CT molecular complexity index is 792. The average Bonchev–Trinajstić information content (AvgIpc) is 2.64. The Labute approximate surface area is 152 Å². The molecule has 25 heavy (non-hydrogen) atoms. The topological polar surface area (TPSA) is 32.3 Å². The molecule has 0 saturated heterocycles. The van der Waals surface area contributed by atoms with Crippen LogP contribution in [0.1, 0.15) is 18.9 Å². The lowest BCUT2D eigenvalue weighted by Gasteiger charge is -2.31. The van der Waals surface area contributed by atoms with Gasteiger partial charge in [-0.15, -0.1) is 0 Å². The number of carbonyl (C=O) groups is 1. The first-order chi connectivity index (χ1) is 12.0. The Hall–Kier alpha value is -2.17. The summed E-state index contributed by atoms with van der Waals surface area (Å²) in [4.78, 5) is 14.6. The summed E-state index contributed by atoms with van der Waals surface area (Å²) in [6.07, 6.45) is 3.08. The molecule has 5 heteroatoms. The van der Waals surface area contributed by atoms with Crippen molar-refractivity contribution < 1.29 is 9.18 Å². The van der Waals surface area contributed by atoms with Gasteiger partial charge in [0, 0.05) is 13.1 Å². The SMILES string of the molecule is CC(C(=O)Nc1ccc(F)cc1Cl)N1CC=C(c2ccccc2)CC1. The molecule has 1 N–H and O–H groups in total. The summed E-state index contributed by atoms with van der Waals surface area (Å²) in [5.74, 6) is -0.573. The van der Waals surface area contributed by atoms with Crippen LogP contribution in [0.15, 0.2) is 54.6 Å². The quantitative estimate of drug-likeness (QED) is 0.866. The van der Waals surface area contributed by atoms with Gasteiger partial charge in [-0.2, -0.15) is 0 Å². The fourth-order valence-corrected chi connectivity index (χ4v) is 3.16. The lowest BCUT2D eigenvalue weighted by Crippen LogP contribution is -2.44. The number of hydrogen-bond donors (Lipinski definition) is 1. The number of anilines is 1. The van der Waals surface area contributed by atoms with E-state index in [4.69, 9.17) is 11.6 Å². The van der Waals surface area contributed by atoms with Gasteiger partial charge in [0.25, 0.3) is 0 Å². The van der Waals surface area contributed by atoms with E-state index in [0.717, 1.165) is 19.5 Å². The highest BCUT2D eigenvalue weighted by Gasteiger charge is 2.24. The van der Waals surface area contributed by atoms with Crippen molar-refractivity contribution in [3.8, 4) is 0 Å². The zero-order valence-electron chi connectivity index (χ0n) is 14.0. The standard InChI is InChI=1S/C20H20ClFN2O/c1-14(20(25)23-19-8-7-17(22)13-18(19)21)24-11-9-16(10-12-24)15-5-3-2-4-6-15/h2-9,13-14H,10-12H2,1H3,(H,23,25). The van der Waals surface area contributed by atoms with Gasteiger partial charge in [0.1, 0.15) is 5.82 Å². The summed E-state index contributed by atoms with van der Waals surface area (Å²) in [5.41, 5.74) is 2.97. The molecule has 0 radical (unpaired) electrons. The predicted octanol–water partition coefficient (Wildman–Crippen LogP) is 4.60. The third kappa shape index (κ3) is 4.27. The first-order valence-electron chi connectivity index (χ1n) is 8.29. The Morgan fingerprint density at radius 1 is 1.24 bits per heavy atom. The lowest BCUT2D eigenvalue weighted by atomic mass is 9.99. The molecule has 3 nitrogen and oxygen atoms in total. The van der Waals surface area contributed by atoms with Crippen molar-refractivity contribution in [2.45, 2.75) is 19.4 Å². The molecule has 1 aliphatic rings. The number of benzene rings is 2. The maximum absolute atomic E-state index is 13.1. The van der Waals surface area contributed by atoms with Gasteiger partial charge >= 0.3 is 0 Å². The smallest absolute Gasteiger partial charge is 0.241 e. The number of rotatable bonds is 4. The molecule has 2 aromatic rings. The van der Waals surface area contributed by atoms with E-state index >= 15 is 0 Å². The van der Waals surface area contributed by atoms with Crippen LogP contribution in [0.4, 0.5) is 10.1 Å². The first kappa shape index (κ1) is 17.6. The van der Waals surface area contributed by atoms with E-state index in [-0.39, 0.29) is 17.0 Å². The summed E-state index contributed by atoms with van der Waals surface area (Å²) in [6.45, 7) is 3.40. The average molecular weight is 359 g/mol. The van der Waals surface area contributed by atoms with E-state index in [9.17, 15) is 9.18 Å². The van der Waals surface area contributed by atoms with Gasteiger partial charge in [0.15, 0.2) is 0 Å². The first-order valence-corrected chi connectivity index (χ1v) is 8.67. The number of carbonyl (C=O) groups excluding carboxylic acids is 1. The summed E-state index contributed by atoms with van der Waals surface area (Å²) in [6, 6.07) is 13.9. The molecule has 0 aromatic heterocycles. The number of amides is 1. The van der Waals surface area contributed by atoms with Crippen molar-refractivity contribution in [2.75, 3.05) is 18.4 Å². The van der Waals surface area contributed by atoms with E-state index in [1.807, 2.05) is 25.1 Å². The van der Waals surface area contributed by atoms with Gasteiger partial charge in [-0.25, -0.2) is 4.39 Å². The highest BCUT2D eigenvalue weighted by Crippen LogP contribution is 2.25. The Morgan fingerprint density at radius 2 is 2.00 bits per heavy atom. The molecule has 0 spiro atoms. The molecule has 1 aliphatic heterocycles. The third-order valence-corrected chi connectivity index (χ3v) is 4.81. The molecular weight excluding hydrogens is 339 g/mol. The largest absolute Gasteiger partial charge is 0.323 e. The van der Waals surface area contributed by atoms with E-state index in [1.165, 1.54) is 29.3 Å². The number of hydrogen-bond acceptors (Lipinski definition) is 2. The van der Waals surface area contributed by atoms with Gasteiger partial charge in [-0.05, 0) is 42.7 Å². The molecule has 0 saturated carbocycles. The highest BCUT2D eigenvalue weighted by atomic mass is 35.5. The zero-order chi connectivity index (χ0) is 17.8. The molecule has 0 fully saturated rings. The van der Waals surface area contributed by atoms with Gasteiger partial charge in [0.2, 0.25) is 5.91 Å². The van der Waals surface area contributed by atoms with Crippen molar-refractivity contribution in [3.63, 3.8) is 0 Å². The molecule has 0 aliphatic carbocycles. The normalized spacial score (nSPS) is 16.2. The van der Waals surface area contributed by atoms with Crippen LogP contribution >= 0.6 is 11.6 Å². The molecule has 1 amide bonds. The fraction of sp³-hybridized carbons (Fsp3) is 0.250. The fourth-order valence-electron chi connectivity index (χ4n) is 2.94. The maximum Gasteiger partial charge on any atom is 0.241 e. The molecule has 2 aromatic carbocycles. The number of halogens is 2. The van der Waals surface area contributed by atoms with Crippen LogP contribution in [0.2, 0.25) is 5.02 Å². The van der Waals surface area contributed by atoms with Crippen molar-refractivity contribution in [2.24, 2.45) is 0 Å². The van der Waals surface area contributed by atoms with Crippen LogP contribution < -0.4 is 5.32 Å². The summed E-state index contributed by atoms with van der Waals surface area (Å²) >= 11 is 5.97. The summed E-state index contributed by atoms with van der Waals surface area (Å²) < 4.78 is 13.1. The molecule has 1 atom stereocenters. The minimum Gasteiger partial charge on any atom is -0.323 e. The summed E-state index contributed by atoms with van der Waals surface area (Å²) in [7, 11) is 0. The van der Waals surface area contributed by atoms with Gasteiger partial charge in [0.05, 0.1) is 16.8 Å². The van der Waals surface area contributed by atoms with Crippen molar-refractivity contribution >= 4 is 28.8 Å². The van der Waals surface area contributed by atoms with Crippen LogP contribution in [0.3, 0.4) is 0 Å². The maximum atomic E-state index is 13.1. The van der Waals surface area contributed by atoms with Crippen LogP contribution in [-0.4, -0.2) is 29.9 Å². The second-order valence-electron chi connectivity index (χ2n) is 6.13. The molecule has 1 heterocycles. The minimum atomic E-state index is -0.425. The van der Waals surface area contributed by atoms with E-state index in [2.05, 4.69) is 28.4 Å². The minimum absolute atomic E-state index is 0.148. The molecule has 130 valence electrons. The van der Waals surface area contributed by atoms with E-state index in [0.29, 0.717) is 5.69 Å². The molecule has 3 rings (SSSR count). The van der Waals surface area contributed by atoms with E-state index < -0.39 is 5.82 Å². The molecule has 0 bridgehead atoms.